The van der Waals surface area contributed by atoms with Crippen LogP contribution < -0.4 is 4.74 Å². The maximum atomic E-state index is 14.5. The lowest BCUT2D eigenvalue weighted by molar-refractivity contribution is 0.0731. The molecule has 0 unspecified atom stereocenters. The fourth-order valence-electron chi connectivity index (χ4n) is 3.44. The second-order valence-corrected chi connectivity index (χ2v) is 16.3. The number of ether oxygens (including phenoxy) is 2. The van der Waals surface area contributed by atoms with Crippen LogP contribution in [-0.4, -0.2) is 49.3 Å². The Morgan fingerprint density at radius 3 is 2.57 bits per heavy atom. The van der Waals surface area contributed by atoms with Gasteiger partial charge in [0.25, 0.3) is 0 Å². The van der Waals surface area contributed by atoms with Gasteiger partial charge in [-0.3, -0.25) is 0 Å². The van der Waals surface area contributed by atoms with Crippen LogP contribution in [0.1, 0.15) is 32.2 Å². The molecule has 4 rings (SSSR count). The molecule has 0 aliphatic heterocycles. The highest BCUT2D eigenvalue weighted by Crippen LogP contribution is 2.32. The Kier molecular flexibility index (Phi) is 6.99. The molecule has 186 valence electrons. The maximum absolute atomic E-state index is 14.5. The van der Waals surface area contributed by atoms with Gasteiger partial charge in [0.1, 0.15) is 25.5 Å². The zero-order valence-corrected chi connectivity index (χ0v) is 22.1. The van der Waals surface area contributed by atoms with E-state index < -0.39 is 13.9 Å². The lowest BCUT2D eigenvalue weighted by Gasteiger charge is -2.22. The van der Waals surface area contributed by atoms with Gasteiger partial charge in [0.15, 0.2) is 17.3 Å². The number of nitrogens with zero attached hydrogens (tertiary/aromatic N) is 7. The zero-order valence-electron chi connectivity index (χ0n) is 21.1. The Balaban J connectivity index is 1.59. The monoisotopic (exact) mass is 497 g/mol. The Hall–Kier alpha value is -3.18. The van der Waals surface area contributed by atoms with E-state index in [9.17, 15) is 4.39 Å². The summed E-state index contributed by atoms with van der Waals surface area (Å²) in [5, 5.41) is 17.3. The molecule has 0 radical (unpaired) electrons. The summed E-state index contributed by atoms with van der Waals surface area (Å²) in [5.74, 6) is 0.935. The van der Waals surface area contributed by atoms with E-state index in [1.54, 1.807) is 22.9 Å². The largest absolute Gasteiger partial charge is 0.468 e. The van der Waals surface area contributed by atoms with Gasteiger partial charge in [-0.05, 0) is 29.7 Å². The first kappa shape index (κ1) is 24.9. The van der Waals surface area contributed by atoms with E-state index in [0.717, 1.165) is 11.6 Å². The second kappa shape index (κ2) is 9.82. The normalized spacial score (nSPS) is 12.4. The van der Waals surface area contributed by atoms with Crippen molar-refractivity contribution in [3.63, 3.8) is 0 Å². The molecule has 0 aliphatic carbocycles. The number of halogens is 1. The molecule has 1 aromatic carbocycles. The molecule has 0 bridgehead atoms. The molecule has 0 saturated heterocycles. The molecule has 0 atom stereocenters. The molecule has 3 aromatic heterocycles. The highest BCUT2D eigenvalue weighted by molar-refractivity contribution is 6.76. The Morgan fingerprint density at radius 2 is 1.86 bits per heavy atom. The minimum Gasteiger partial charge on any atom is -0.468 e. The van der Waals surface area contributed by atoms with Gasteiger partial charge in [0.2, 0.25) is 5.88 Å². The van der Waals surface area contributed by atoms with Crippen LogP contribution >= 0.6 is 0 Å². The predicted octanol–water partition coefficient (Wildman–Crippen LogP) is 4.71. The van der Waals surface area contributed by atoms with Crippen LogP contribution in [0.3, 0.4) is 0 Å². The molecule has 3 heterocycles. The number of hydrogen-bond donors (Lipinski definition) is 0. The SMILES string of the molecule is CC(C)(C)c1cc2nnc(-c3ccccc3F)n2nc1OCc1ncnn1COCC[Si](C)(C)C. The third-order valence-electron chi connectivity index (χ3n) is 5.53. The van der Waals surface area contributed by atoms with E-state index >= 15 is 0 Å². The number of hydrogen-bond acceptors (Lipinski definition) is 7. The summed E-state index contributed by atoms with van der Waals surface area (Å²) in [6, 6.07) is 9.37. The van der Waals surface area contributed by atoms with Crippen molar-refractivity contribution in [1.82, 2.24) is 34.6 Å². The average Bonchev–Trinajstić information content (AvgIpc) is 3.40. The first-order valence-electron chi connectivity index (χ1n) is 11.6. The van der Waals surface area contributed by atoms with E-state index in [-0.39, 0.29) is 12.0 Å². The minimum absolute atomic E-state index is 0.149. The summed E-state index contributed by atoms with van der Waals surface area (Å²) in [4.78, 5) is 4.33. The van der Waals surface area contributed by atoms with Gasteiger partial charge in [-0.25, -0.2) is 14.1 Å². The Bertz CT molecular complexity index is 1310. The van der Waals surface area contributed by atoms with Gasteiger partial charge in [0.05, 0.1) is 5.56 Å². The fraction of sp³-hybridized carbons (Fsp3) is 0.458. The summed E-state index contributed by atoms with van der Waals surface area (Å²) in [5.41, 5.74) is 1.41. The first-order chi connectivity index (χ1) is 16.5. The standard InChI is InChI=1S/C24H32FN7O2Si/c1-24(2,3)18-13-20-28-29-22(17-9-7-8-10-19(17)25)32(20)30-23(18)34-14-21-26-15-27-31(21)16-33-11-12-35(4,5)6/h7-10,13,15H,11-12,14,16H2,1-6H3. The molecule has 0 amide bonds. The fourth-order valence-corrected chi connectivity index (χ4v) is 4.20. The number of benzene rings is 1. The molecule has 35 heavy (non-hydrogen) atoms. The van der Waals surface area contributed by atoms with Crippen molar-refractivity contribution in [1.29, 1.82) is 0 Å². The minimum atomic E-state index is -1.17. The van der Waals surface area contributed by atoms with Crippen LogP contribution in [0.5, 0.6) is 5.88 Å². The van der Waals surface area contributed by atoms with Crippen molar-refractivity contribution in [2.24, 2.45) is 0 Å². The van der Waals surface area contributed by atoms with Crippen molar-refractivity contribution in [2.75, 3.05) is 6.61 Å². The topological polar surface area (TPSA) is 92.3 Å². The van der Waals surface area contributed by atoms with Crippen LogP contribution in [0.15, 0.2) is 36.7 Å². The van der Waals surface area contributed by atoms with Crippen LogP contribution in [0, 0.1) is 5.82 Å². The van der Waals surface area contributed by atoms with Crippen molar-refractivity contribution < 1.29 is 13.9 Å². The van der Waals surface area contributed by atoms with E-state index in [4.69, 9.17) is 9.47 Å². The molecule has 11 heteroatoms. The van der Waals surface area contributed by atoms with Crippen molar-refractivity contribution in [3.05, 3.63) is 53.9 Å². The van der Waals surface area contributed by atoms with Crippen molar-refractivity contribution in [2.45, 2.75) is 65.2 Å². The highest BCUT2D eigenvalue weighted by atomic mass is 28.3. The maximum Gasteiger partial charge on any atom is 0.236 e. The summed E-state index contributed by atoms with van der Waals surface area (Å²) in [6.45, 7) is 14.3. The molecule has 9 nitrogen and oxygen atoms in total. The van der Waals surface area contributed by atoms with Gasteiger partial charge >= 0.3 is 0 Å². The molecule has 0 saturated carbocycles. The Labute approximate surface area is 205 Å². The van der Waals surface area contributed by atoms with E-state index in [2.05, 4.69) is 65.8 Å². The Morgan fingerprint density at radius 1 is 1.09 bits per heavy atom. The van der Waals surface area contributed by atoms with Gasteiger partial charge in [-0.2, -0.15) is 9.61 Å². The molecular formula is C24H32FN7O2Si. The quantitative estimate of drug-likeness (QED) is 0.244. The van der Waals surface area contributed by atoms with Gasteiger partial charge in [-0.15, -0.1) is 15.3 Å². The van der Waals surface area contributed by atoms with Crippen LogP contribution in [0.4, 0.5) is 4.39 Å². The van der Waals surface area contributed by atoms with Crippen LogP contribution in [-0.2, 0) is 23.5 Å². The molecule has 0 N–H and O–H groups in total. The van der Waals surface area contributed by atoms with E-state index in [0.29, 0.717) is 42.1 Å². The summed E-state index contributed by atoms with van der Waals surface area (Å²) in [6.07, 6.45) is 1.48. The second-order valence-electron chi connectivity index (χ2n) is 10.7. The molecule has 0 aliphatic rings. The zero-order chi connectivity index (χ0) is 25.2. The lowest BCUT2D eigenvalue weighted by Crippen LogP contribution is -2.22. The lowest BCUT2D eigenvalue weighted by atomic mass is 9.88. The third-order valence-corrected chi connectivity index (χ3v) is 7.23. The van der Waals surface area contributed by atoms with Crippen LogP contribution in [0.2, 0.25) is 25.7 Å². The summed E-state index contributed by atoms with van der Waals surface area (Å²) < 4.78 is 29.6. The number of fused-ring (bicyclic) bond motifs is 1. The molecule has 0 spiro atoms. The smallest absolute Gasteiger partial charge is 0.236 e. The summed E-state index contributed by atoms with van der Waals surface area (Å²) in [7, 11) is -1.17. The number of rotatable bonds is 9. The van der Waals surface area contributed by atoms with Crippen molar-refractivity contribution >= 4 is 13.7 Å². The first-order valence-corrected chi connectivity index (χ1v) is 15.3. The number of aromatic nitrogens is 7. The van der Waals surface area contributed by atoms with Crippen LogP contribution in [0.25, 0.3) is 17.0 Å². The third kappa shape index (κ3) is 5.91. The van der Waals surface area contributed by atoms with Crippen molar-refractivity contribution in [3.8, 4) is 17.3 Å². The highest BCUT2D eigenvalue weighted by Gasteiger charge is 2.24. The van der Waals surface area contributed by atoms with Gasteiger partial charge in [-0.1, -0.05) is 52.5 Å². The predicted molar refractivity (Wildman–Crippen MR) is 133 cm³/mol. The van der Waals surface area contributed by atoms with E-state index in [1.165, 1.54) is 16.9 Å². The molecule has 0 fully saturated rings. The van der Waals surface area contributed by atoms with Gasteiger partial charge < -0.3 is 9.47 Å². The van der Waals surface area contributed by atoms with E-state index in [1.807, 2.05) is 6.07 Å². The molecule has 4 aromatic rings. The summed E-state index contributed by atoms with van der Waals surface area (Å²) >= 11 is 0. The average molecular weight is 498 g/mol. The van der Waals surface area contributed by atoms with Gasteiger partial charge in [0, 0.05) is 20.2 Å². The molecular weight excluding hydrogens is 465 g/mol.